The van der Waals surface area contributed by atoms with Crippen LogP contribution in [0.3, 0.4) is 0 Å². The molecule has 0 spiro atoms. The zero-order valence-electron chi connectivity index (χ0n) is 12.5. The summed E-state index contributed by atoms with van der Waals surface area (Å²) in [4.78, 5) is 8.90. The molecule has 1 aromatic carbocycles. The van der Waals surface area contributed by atoms with Gasteiger partial charge >= 0.3 is 0 Å². The van der Waals surface area contributed by atoms with Gasteiger partial charge in [0.25, 0.3) is 0 Å². The van der Waals surface area contributed by atoms with Crippen LogP contribution in [0.25, 0.3) is 0 Å². The smallest absolute Gasteiger partial charge is 0.224 e. The number of hydrogen-bond donors (Lipinski definition) is 2. The largest absolute Gasteiger partial charge is 0.376 e. The first-order valence-corrected chi connectivity index (χ1v) is 7.80. The van der Waals surface area contributed by atoms with Crippen molar-refractivity contribution in [1.82, 2.24) is 9.97 Å². The molecule has 0 amide bonds. The highest BCUT2D eigenvalue weighted by Crippen LogP contribution is 2.19. The molecule has 1 fully saturated rings. The first-order valence-electron chi connectivity index (χ1n) is 7.43. The van der Waals surface area contributed by atoms with Crippen molar-refractivity contribution >= 4 is 29.1 Å². The summed E-state index contributed by atoms with van der Waals surface area (Å²) < 4.78 is 5.60. The SMILES string of the molecule is Cc1cc(Nc2ccc(Cl)cc2)nc(NCC2CCCO2)n1. The highest BCUT2D eigenvalue weighted by molar-refractivity contribution is 6.30. The van der Waals surface area contributed by atoms with E-state index >= 15 is 0 Å². The number of aromatic nitrogens is 2. The lowest BCUT2D eigenvalue weighted by Crippen LogP contribution is -2.20. The fourth-order valence-electron chi connectivity index (χ4n) is 2.40. The van der Waals surface area contributed by atoms with Crippen molar-refractivity contribution in [3.63, 3.8) is 0 Å². The first kappa shape index (κ1) is 15.1. The third kappa shape index (κ3) is 4.08. The lowest BCUT2D eigenvalue weighted by molar-refractivity contribution is 0.120. The van der Waals surface area contributed by atoms with Crippen LogP contribution in [-0.4, -0.2) is 29.2 Å². The molecule has 1 unspecified atom stereocenters. The Balaban J connectivity index is 1.67. The van der Waals surface area contributed by atoms with Crippen molar-refractivity contribution in [3.05, 3.63) is 41.0 Å². The van der Waals surface area contributed by atoms with Gasteiger partial charge in [-0.3, -0.25) is 0 Å². The molecule has 2 heterocycles. The summed E-state index contributed by atoms with van der Waals surface area (Å²) in [5.74, 6) is 1.37. The van der Waals surface area contributed by atoms with Gasteiger partial charge in [0.15, 0.2) is 0 Å². The maximum Gasteiger partial charge on any atom is 0.224 e. The Morgan fingerprint density at radius 3 is 2.82 bits per heavy atom. The minimum Gasteiger partial charge on any atom is -0.376 e. The molecule has 0 aliphatic carbocycles. The second-order valence-electron chi connectivity index (χ2n) is 5.37. The van der Waals surface area contributed by atoms with Gasteiger partial charge in [0.05, 0.1) is 6.10 Å². The summed E-state index contributed by atoms with van der Waals surface area (Å²) in [5, 5.41) is 7.23. The van der Waals surface area contributed by atoms with Crippen LogP contribution in [0, 0.1) is 6.92 Å². The number of benzene rings is 1. The van der Waals surface area contributed by atoms with E-state index in [9.17, 15) is 0 Å². The summed E-state index contributed by atoms with van der Waals surface area (Å²) in [7, 11) is 0. The molecule has 1 aliphatic rings. The molecule has 6 heteroatoms. The number of hydrogen-bond acceptors (Lipinski definition) is 5. The molecule has 0 bridgehead atoms. The molecular formula is C16H19ClN4O. The minimum atomic E-state index is 0.261. The molecule has 1 atom stereocenters. The third-order valence-corrected chi connectivity index (χ3v) is 3.73. The molecular weight excluding hydrogens is 300 g/mol. The van der Waals surface area contributed by atoms with Gasteiger partial charge in [-0.2, -0.15) is 4.98 Å². The molecule has 1 aliphatic heterocycles. The summed E-state index contributed by atoms with van der Waals surface area (Å²) in [5.41, 5.74) is 1.84. The lowest BCUT2D eigenvalue weighted by Gasteiger charge is -2.12. The van der Waals surface area contributed by atoms with E-state index in [2.05, 4.69) is 20.6 Å². The topological polar surface area (TPSA) is 59.1 Å². The van der Waals surface area contributed by atoms with Gasteiger partial charge in [0.2, 0.25) is 5.95 Å². The molecule has 1 saturated heterocycles. The van der Waals surface area contributed by atoms with Crippen molar-refractivity contribution in [2.24, 2.45) is 0 Å². The zero-order valence-corrected chi connectivity index (χ0v) is 13.2. The maximum atomic E-state index is 5.89. The van der Waals surface area contributed by atoms with Crippen molar-refractivity contribution in [3.8, 4) is 0 Å². The van der Waals surface area contributed by atoms with E-state index in [1.807, 2.05) is 37.3 Å². The van der Waals surface area contributed by atoms with Crippen LogP contribution in [0.5, 0.6) is 0 Å². The van der Waals surface area contributed by atoms with E-state index < -0.39 is 0 Å². The number of ether oxygens (including phenoxy) is 1. The average Bonchev–Trinajstić information content (AvgIpc) is 3.00. The number of rotatable bonds is 5. The fraction of sp³-hybridized carbons (Fsp3) is 0.375. The van der Waals surface area contributed by atoms with Gasteiger partial charge in [-0.1, -0.05) is 11.6 Å². The molecule has 1 aromatic heterocycles. The van der Waals surface area contributed by atoms with Crippen LogP contribution in [0.15, 0.2) is 30.3 Å². The van der Waals surface area contributed by atoms with Crippen molar-refractivity contribution in [2.45, 2.75) is 25.9 Å². The fourth-order valence-corrected chi connectivity index (χ4v) is 2.53. The van der Waals surface area contributed by atoms with Gasteiger partial charge in [-0.05, 0) is 44.0 Å². The summed E-state index contributed by atoms with van der Waals surface area (Å²) in [6, 6.07) is 9.42. The number of anilines is 3. The molecule has 116 valence electrons. The van der Waals surface area contributed by atoms with E-state index in [-0.39, 0.29) is 6.10 Å². The first-order chi connectivity index (χ1) is 10.7. The highest BCUT2D eigenvalue weighted by atomic mass is 35.5. The van der Waals surface area contributed by atoms with Crippen LogP contribution in [0.1, 0.15) is 18.5 Å². The van der Waals surface area contributed by atoms with Gasteiger partial charge < -0.3 is 15.4 Å². The molecule has 22 heavy (non-hydrogen) atoms. The molecule has 2 aromatic rings. The molecule has 0 radical (unpaired) electrons. The molecule has 0 saturated carbocycles. The van der Waals surface area contributed by atoms with Crippen LogP contribution in [0.4, 0.5) is 17.5 Å². The Labute approximate surface area is 135 Å². The Bertz CT molecular complexity index is 627. The number of nitrogens with one attached hydrogen (secondary N) is 2. The molecule has 3 rings (SSSR count). The van der Waals surface area contributed by atoms with Crippen molar-refractivity contribution < 1.29 is 4.74 Å². The van der Waals surface area contributed by atoms with Crippen molar-refractivity contribution in [1.29, 1.82) is 0 Å². The van der Waals surface area contributed by atoms with E-state index in [4.69, 9.17) is 16.3 Å². The Kier molecular flexibility index (Phi) is 4.75. The normalized spacial score (nSPS) is 17.5. The molecule has 5 nitrogen and oxygen atoms in total. The van der Waals surface area contributed by atoms with Crippen molar-refractivity contribution in [2.75, 3.05) is 23.8 Å². The van der Waals surface area contributed by atoms with Crippen LogP contribution >= 0.6 is 11.6 Å². The zero-order chi connectivity index (χ0) is 15.4. The van der Waals surface area contributed by atoms with E-state index in [1.54, 1.807) is 0 Å². The Hall–Kier alpha value is -1.85. The van der Waals surface area contributed by atoms with E-state index in [0.29, 0.717) is 11.0 Å². The second kappa shape index (κ2) is 6.94. The van der Waals surface area contributed by atoms with Gasteiger partial charge in [-0.25, -0.2) is 4.98 Å². The average molecular weight is 319 g/mol. The van der Waals surface area contributed by atoms with Crippen LogP contribution < -0.4 is 10.6 Å². The lowest BCUT2D eigenvalue weighted by atomic mass is 10.2. The van der Waals surface area contributed by atoms with Gasteiger partial charge in [0, 0.05) is 35.6 Å². The number of halogens is 1. The monoisotopic (exact) mass is 318 g/mol. The predicted octanol–water partition coefficient (Wildman–Crippen LogP) is 3.77. The van der Waals surface area contributed by atoms with Gasteiger partial charge in [0.1, 0.15) is 5.82 Å². The number of nitrogens with zero attached hydrogens (tertiary/aromatic N) is 2. The van der Waals surface area contributed by atoms with Gasteiger partial charge in [-0.15, -0.1) is 0 Å². The number of aryl methyl sites for hydroxylation is 1. The summed E-state index contributed by atoms with van der Waals surface area (Å²) in [6.45, 7) is 3.54. The Morgan fingerprint density at radius 1 is 1.27 bits per heavy atom. The van der Waals surface area contributed by atoms with Crippen LogP contribution in [0.2, 0.25) is 5.02 Å². The second-order valence-corrected chi connectivity index (χ2v) is 5.80. The van der Waals surface area contributed by atoms with E-state index in [0.717, 1.165) is 43.2 Å². The summed E-state index contributed by atoms with van der Waals surface area (Å²) in [6.07, 6.45) is 2.48. The third-order valence-electron chi connectivity index (χ3n) is 3.48. The van der Waals surface area contributed by atoms with E-state index in [1.165, 1.54) is 0 Å². The predicted molar refractivity (Wildman–Crippen MR) is 89.0 cm³/mol. The van der Waals surface area contributed by atoms with Crippen LogP contribution in [-0.2, 0) is 4.74 Å². The molecule has 2 N–H and O–H groups in total. The quantitative estimate of drug-likeness (QED) is 0.878. The summed E-state index contributed by atoms with van der Waals surface area (Å²) >= 11 is 5.89. The maximum absolute atomic E-state index is 5.89. The Morgan fingerprint density at radius 2 is 2.09 bits per heavy atom. The standard InChI is InChI=1S/C16H19ClN4O/c1-11-9-15(20-13-6-4-12(17)5-7-13)21-16(19-11)18-10-14-3-2-8-22-14/h4-7,9,14H,2-3,8,10H2,1H3,(H2,18,19,20,21). The minimum absolute atomic E-state index is 0.261. The highest BCUT2D eigenvalue weighted by Gasteiger charge is 2.15.